The van der Waals surface area contributed by atoms with Crippen LogP contribution in [0, 0.1) is 0 Å². The molecule has 0 bridgehead atoms. The maximum absolute atomic E-state index is 5.39. The molecule has 1 aromatic heterocycles. The number of hydrogen-bond acceptors (Lipinski definition) is 3. The Kier molecular flexibility index (Phi) is 5.07. The topological polar surface area (TPSA) is 31.6 Å². The van der Waals surface area contributed by atoms with Gasteiger partial charge >= 0.3 is 8.80 Å². The van der Waals surface area contributed by atoms with Crippen molar-refractivity contribution in [2.24, 2.45) is 0 Å². The third-order valence-electron chi connectivity index (χ3n) is 2.64. The maximum atomic E-state index is 5.39. The summed E-state index contributed by atoms with van der Waals surface area (Å²) in [5.74, 6) is 0. The summed E-state index contributed by atoms with van der Waals surface area (Å²) in [4.78, 5) is 0. The van der Waals surface area contributed by atoms with E-state index in [2.05, 4.69) is 23.8 Å². The fraction of sp³-hybridized carbons (Fsp3) is 0.545. The van der Waals surface area contributed by atoms with E-state index in [1.165, 1.54) is 5.56 Å². The molecule has 1 heterocycles. The molecular weight excluding hydrogens is 222 g/mol. The van der Waals surface area contributed by atoms with Crippen LogP contribution < -0.4 is 4.57 Å². The number of rotatable bonds is 6. The Labute approximate surface area is 98.1 Å². The van der Waals surface area contributed by atoms with Gasteiger partial charge in [-0.2, -0.15) is 4.57 Å². The van der Waals surface area contributed by atoms with Gasteiger partial charge in [0.05, 0.1) is 0 Å². The highest BCUT2D eigenvalue weighted by molar-refractivity contribution is 6.58. The lowest BCUT2D eigenvalue weighted by atomic mass is 10.2. The Morgan fingerprint density at radius 3 is 2.31 bits per heavy atom. The zero-order chi connectivity index (χ0) is 12.0. The van der Waals surface area contributed by atoms with Crippen LogP contribution in [0.15, 0.2) is 24.5 Å². The van der Waals surface area contributed by atoms with Crippen LogP contribution in [0.3, 0.4) is 0 Å². The van der Waals surface area contributed by atoms with Crippen molar-refractivity contribution >= 4 is 8.80 Å². The fourth-order valence-electron chi connectivity index (χ4n) is 1.55. The SMILES string of the molecule is CCc1ccc[n+](C[Si](OC)(OC)OC)c1. The summed E-state index contributed by atoms with van der Waals surface area (Å²) >= 11 is 0. The fourth-order valence-corrected chi connectivity index (χ4v) is 3.08. The van der Waals surface area contributed by atoms with E-state index in [9.17, 15) is 0 Å². The van der Waals surface area contributed by atoms with Gasteiger partial charge in [0.1, 0.15) is 0 Å². The quantitative estimate of drug-likeness (QED) is 0.550. The molecule has 0 saturated carbocycles. The van der Waals surface area contributed by atoms with Gasteiger partial charge in [-0.3, -0.25) is 0 Å². The van der Waals surface area contributed by atoms with Crippen LogP contribution in [0.4, 0.5) is 0 Å². The Morgan fingerprint density at radius 2 is 1.81 bits per heavy atom. The molecule has 0 aliphatic rings. The summed E-state index contributed by atoms with van der Waals surface area (Å²) in [5.41, 5.74) is 1.29. The molecule has 0 unspecified atom stereocenters. The first-order valence-corrected chi connectivity index (χ1v) is 7.26. The molecule has 0 N–H and O–H groups in total. The molecule has 0 amide bonds. The largest absolute Gasteiger partial charge is 0.569 e. The Morgan fingerprint density at radius 1 is 1.19 bits per heavy atom. The van der Waals surface area contributed by atoms with Gasteiger partial charge in [-0.25, -0.2) is 0 Å². The molecule has 1 rings (SSSR count). The van der Waals surface area contributed by atoms with E-state index in [1.807, 2.05) is 12.3 Å². The molecule has 0 saturated heterocycles. The van der Waals surface area contributed by atoms with E-state index < -0.39 is 8.80 Å². The molecule has 0 aromatic carbocycles. The van der Waals surface area contributed by atoms with Crippen LogP contribution in [-0.2, 0) is 25.9 Å². The molecule has 1 aromatic rings. The first-order chi connectivity index (χ1) is 7.69. The van der Waals surface area contributed by atoms with E-state index in [0.717, 1.165) is 6.42 Å². The molecule has 0 radical (unpaired) electrons. The van der Waals surface area contributed by atoms with Crippen molar-refractivity contribution in [3.8, 4) is 0 Å². The summed E-state index contributed by atoms with van der Waals surface area (Å²) in [6.45, 7) is 2.13. The van der Waals surface area contributed by atoms with Gasteiger partial charge in [0, 0.05) is 33.0 Å². The van der Waals surface area contributed by atoms with Crippen molar-refractivity contribution in [3.05, 3.63) is 30.1 Å². The van der Waals surface area contributed by atoms with Gasteiger partial charge in [-0.05, 0) is 12.5 Å². The predicted molar refractivity (Wildman–Crippen MR) is 62.8 cm³/mol. The van der Waals surface area contributed by atoms with Crippen molar-refractivity contribution in [1.29, 1.82) is 0 Å². The number of hydrogen-bond donors (Lipinski definition) is 0. The maximum Gasteiger partial charge on any atom is 0.569 e. The van der Waals surface area contributed by atoms with Gasteiger partial charge in [-0.15, -0.1) is 0 Å². The summed E-state index contributed by atoms with van der Waals surface area (Å²) in [5, 5.41) is 0. The lowest BCUT2D eigenvalue weighted by Crippen LogP contribution is -2.56. The number of aromatic nitrogens is 1. The molecule has 0 fully saturated rings. The van der Waals surface area contributed by atoms with E-state index in [4.69, 9.17) is 13.3 Å². The van der Waals surface area contributed by atoms with Crippen molar-refractivity contribution in [2.45, 2.75) is 19.5 Å². The monoisotopic (exact) mass is 242 g/mol. The molecule has 5 heteroatoms. The normalized spacial score (nSPS) is 11.8. The van der Waals surface area contributed by atoms with Gasteiger partial charge < -0.3 is 13.3 Å². The molecule has 0 atom stereocenters. The minimum atomic E-state index is -2.53. The van der Waals surface area contributed by atoms with Crippen LogP contribution in [-0.4, -0.2) is 30.1 Å². The summed E-state index contributed by atoms with van der Waals surface area (Å²) in [6, 6.07) is 4.13. The molecule has 4 nitrogen and oxygen atoms in total. The van der Waals surface area contributed by atoms with Crippen LogP contribution >= 0.6 is 0 Å². The van der Waals surface area contributed by atoms with Crippen LogP contribution in [0.2, 0.25) is 0 Å². The number of aryl methyl sites for hydroxylation is 1. The first-order valence-electron chi connectivity index (χ1n) is 5.33. The van der Waals surface area contributed by atoms with Crippen molar-refractivity contribution < 1.29 is 17.8 Å². The molecule has 90 valence electrons. The lowest BCUT2D eigenvalue weighted by Gasteiger charge is -2.20. The number of nitrogens with zero attached hydrogens (tertiary/aromatic N) is 1. The summed E-state index contributed by atoms with van der Waals surface area (Å²) in [7, 11) is 2.35. The van der Waals surface area contributed by atoms with Crippen LogP contribution in [0.1, 0.15) is 12.5 Å². The van der Waals surface area contributed by atoms with E-state index in [1.54, 1.807) is 21.3 Å². The summed E-state index contributed by atoms with van der Waals surface area (Å²) in [6.07, 6.45) is 5.74. The minimum absolute atomic E-state index is 0.629. The summed E-state index contributed by atoms with van der Waals surface area (Å²) < 4.78 is 18.2. The van der Waals surface area contributed by atoms with E-state index in [-0.39, 0.29) is 0 Å². The zero-order valence-corrected chi connectivity index (χ0v) is 11.4. The van der Waals surface area contributed by atoms with Crippen molar-refractivity contribution in [3.63, 3.8) is 0 Å². The Balaban J connectivity index is 2.84. The molecule has 0 aliphatic heterocycles. The predicted octanol–water partition coefficient (Wildman–Crippen LogP) is 0.954. The second kappa shape index (κ2) is 6.10. The number of pyridine rings is 1. The average molecular weight is 242 g/mol. The molecule has 16 heavy (non-hydrogen) atoms. The zero-order valence-electron chi connectivity index (χ0n) is 10.4. The van der Waals surface area contributed by atoms with Crippen LogP contribution in [0.25, 0.3) is 0 Å². The third kappa shape index (κ3) is 3.12. The van der Waals surface area contributed by atoms with E-state index in [0.29, 0.717) is 6.17 Å². The highest BCUT2D eigenvalue weighted by Crippen LogP contribution is 2.06. The lowest BCUT2D eigenvalue weighted by molar-refractivity contribution is -0.685. The van der Waals surface area contributed by atoms with Gasteiger partial charge in [0.15, 0.2) is 12.4 Å². The van der Waals surface area contributed by atoms with Crippen LogP contribution in [0.5, 0.6) is 0 Å². The van der Waals surface area contributed by atoms with Crippen molar-refractivity contribution in [2.75, 3.05) is 21.3 Å². The second-order valence-electron chi connectivity index (χ2n) is 3.53. The molecule has 0 spiro atoms. The Bertz CT molecular complexity index is 320. The van der Waals surface area contributed by atoms with Gasteiger partial charge in [0.2, 0.25) is 6.17 Å². The molecule has 0 aliphatic carbocycles. The highest BCUT2D eigenvalue weighted by atomic mass is 28.4. The minimum Gasteiger partial charge on any atom is -0.373 e. The smallest absolute Gasteiger partial charge is 0.373 e. The van der Waals surface area contributed by atoms with Crippen molar-refractivity contribution in [1.82, 2.24) is 0 Å². The third-order valence-corrected chi connectivity index (χ3v) is 5.26. The highest BCUT2D eigenvalue weighted by Gasteiger charge is 2.43. The van der Waals surface area contributed by atoms with Gasteiger partial charge in [-0.1, -0.05) is 6.92 Å². The average Bonchev–Trinajstić information content (AvgIpc) is 2.36. The molecular formula is C11H20NO3Si+. The second-order valence-corrected chi connectivity index (χ2v) is 6.44. The standard InChI is InChI=1S/C11H20NO3Si/c1-5-11-7-6-8-12(9-11)10-16(13-2,14-3)15-4/h6-9H,5,10H2,1-4H3/q+1. The first kappa shape index (κ1) is 13.3. The van der Waals surface area contributed by atoms with E-state index >= 15 is 0 Å². The Hall–Kier alpha value is -0.753. The van der Waals surface area contributed by atoms with Gasteiger partial charge in [0.25, 0.3) is 0 Å².